The van der Waals surface area contributed by atoms with Gasteiger partial charge < -0.3 is 5.11 Å². The van der Waals surface area contributed by atoms with E-state index in [9.17, 15) is 9.90 Å². The average molecular weight is 286 g/mol. The minimum atomic E-state index is -1.01. The van der Waals surface area contributed by atoms with Gasteiger partial charge in [-0.2, -0.15) is 9.50 Å². The Balaban J connectivity index is 1.95. The van der Waals surface area contributed by atoms with Gasteiger partial charge in [-0.05, 0) is 30.4 Å². The third kappa shape index (κ3) is 1.78. The van der Waals surface area contributed by atoms with Crippen molar-refractivity contribution in [3.05, 3.63) is 35.0 Å². The first-order valence-electron chi connectivity index (χ1n) is 6.27. The number of nitrogens with zero attached hydrogens (tertiary/aromatic N) is 4. The first-order valence-corrected chi connectivity index (χ1v) is 7.15. The molecule has 0 aliphatic heterocycles. The molecule has 1 N–H and O–H groups in total. The third-order valence-electron chi connectivity index (χ3n) is 3.29. The Bertz CT molecular complexity index is 805. The maximum absolute atomic E-state index is 11.4. The highest BCUT2D eigenvalue weighted by Crippen LogP contribution is 2.39. The number of hydrogen-bond donors (Lipinski definition) is 1. The van der Waals surface area contributed by atoms with Gasteiger partial charge in [-0.1, -0.05) is 6.07 Å². The SMILES string of the molecule is O=C(O)c1cc(C2CC2)nc2nc(-c3cccs3)nn12. The molecular formula is C13H10N4O2S. The van der Waals surface area contributed by atoms with Crippen molar-refractivity contribution in [2.45, 2.75) is 18.8 Å². The summed E-state index contributed by atoms with van der Waals surface area (Å²) in [5, 5.41) is 15.5. The zero-order chi connectivity index (χ0) is 13.7. The standard InChI is InChI=1S/C13H10N4O2S/c18-12(19)9-6-8(7-3-4-7)14-13-15-11(16-17(9)13)10-2-1-5-20-10/h1-2,5-7H,3-4H2,(H,18,19). The molecule has 20 heavy (non-hydrogen) atoms. The molecule has 0 radical (unpaired) electrons. The van der Waals surface area contributed by atoms with E-state index < -0.39 is 5.97 Å². The van der Waals surface area contributed by atoms with Crippen LogP contribution in [0, 0.1) is 0 Å². The highest BCUT2D eigenvalue weighted by atomic mass is 32.1. The number of carboxylic acid groups (broad SMARTS) is 1. The Labute approximate surface area is 117 Å². The number of hydrogen-bond acceptors (Lipinski definition) is 5. The van der Waals surface area contributed by atoms with Gasteiger partial charge in [-0.25, -0.2) is 9.78 Å². The van der Waals surface area contributed by atoms with Crippen LogP contribution in [0.5, 0.6) is 0 Å². The van der Waals surface area contributed by atoms with Gasteiger partial charge in [-0.3, -0.25) is 0 Å². The summed E-state index contributed by atoms with van der Waals surface area (Å²) >= 11 is 1.51. The van der Waals surface area contributed by atoms with E-state index in [1.54, 1.807) is 6.07 Å². The lowest BCUT2D eigenvalue weighted by Crippen LogP contribution is -2.09. The lowest BCUT2D eigenvalue weighted by molar-refractivity contribution is 0.0687. The van der Waals surface area contributed by atoms with Gasteiger partial charge in [-0.15, -0.1) is 16.4 Å². The molecule has 1 fully saturated rings. The van der Waals surface area contributed by atoms with Crippen molar-refractivity contribution in [3.63, 3.8) is 0 Å². The fourth-order valence-corrected chi connectivity index (χ4v) is 2.79. The van der Waals surface area contributed by atoms with Crippen LogP contribution in [0.25, 0.3) is 16.5 Å². The monoisotopic (exact) mass is 286 g/mol. The van der Waals surface area contributed by atoms with E-state index in [0.29, 0.717) is 17.5 Å². The maximum atomic E-state index is 11.4. The molecule has 1 saturated carbocycles. The minimum Gasteiger partial charge on any atom is -0.477 e. The van der Waals surface area contributed by atoms with Crippen molar-refractivity contribution >= 4 is 23.1 Å². The van der Waals surface area contributed by atoms with Crippen LogP contribution in [0.2, 0.25) is 0 Å². The van der Waals surface area contributed by atoms with Gasteiger partial charge in [0, 0.05) is 11.6 Å². The number of rotatable bonds is 3. The second kappa shape index (κ2) is 4.11. The smallest absolute Gasteiger partial charge is 0.354 e. The fraction of sp³-hybridized carbons (Fsp3) is 0.231. The Hall–Kier alpha value is -2.28. The summed E-state index contributed by atoms with van der Waals surface area (Å²) in [4.78, 5) is 21.1. The Morgan fingerprint density at radius 2 is 2.25 bits per heavy atom. The van der Waals surface area contributed by atoms with E-state index in [1.807, 2.05) is 17.5 Å². The highest BCUT2D eigenvalue weighted by molar-refractivity contribution is 7.13. The van der Waals surface area contributed by atoms with Crippen LogP contribution in [0.4, 0.5) is 0 Å². The van der Waals surface area contributed by atoms with E-state index in [1.165, 1.54) is 15.9 Å². The summed E-state index contributed by atoms with van der Waals surface area (Å²) in [6.45, 7) is 0. The summed E-state index contributed by atoms with van der Waals surface area (Å²) < 4.78 is 1.31. The predicted octanol–water partition coefficient (Wildman–Crippen LogP) is 2.43. The molecule has 6 nitrogen and oxygen atoms in total. The van der Waals surface area contributed by atoms with E-state index in [0.717, 1.165) is 23.4 Å². The number of carbonyl (C=O) groups is 1. The zero-order valence-corrected chi connectivity index (χ0v) is 11.2. The highest BCUT2D eigenvalue weighted by Gasteiger charge is 2.28. The van der Waals surface area contributed by atoms with Gasteiger partial charge in [0.25, 0.3) is 5.78 Å². The number of fused-ring (bicyclic) bond motifs is 1. The maximum Gasteiger partial charge on any atom is 0.354 e. The average Bonchev–Trinajstić information content (AvgIpc) is 2.99. The van der Waals surface area contributed by atoms with Crippen LogP contribution in [0.1, 0.15) is 34.9 Å². The Morgan fingerprint density at radius 3 is 2.90 bits per heavy atom. The molecule has 4 rings (SSSR count). The molecule has 0 spiro atoms. The molecule has 3 heterocycles. The molecule has 0 atom stereocenters. The largest absolute Gasteiger partial charge is 0.477 e. The van der Waals surface area contributed by atoms with Crippen LogP contribution in [-0.4, -0.2) is 30.7 Å². The topological polar surface area (TPSA) is 80.4 Å². The van der Waals surface area contributed by atoms with Crippen molar-refractivity contribution in [2.24, 2.45) is 0 Å². The van der Waals surface area contributed by atoms with E-state index in [4.69, 9.17) is 0 Å². The van der Waals surface area contributed by atoms with Gasteiger partial charge in [0.15, 0.2) is 11.5 Å². The zero-order valence-electron chi connectivity index (χ0n) is 10.4. The van der Waals surface area contributed by atoms with Gasteiger partial charge in [0.1, 0.15) is 0 Å². The molecule has 0 aromatic carbocycles. The van der Waals surface area contributed by atoms with Crippen molar-refractivity contribution < 1.29 is 9.90 Å². The van der Waals surface area contributed by atoms with E-state index >= 15 is 0 Å². The molecule has 100 valence electrons. The summed E-state index contributed by atoms with van der Waals surface area (Å²) in [7, 11) is 0. The Morgan fingerprint density at radius 1 is 1.40 bits per heavy atom. The molecule has 1 aliphatic carbocycles. The van der Waals surface area contributed by atoms with Crippen molar-refractivity contribution in [2.75, 3.05) is 0 Å². The fourth-order valence-electron chi connectivity index (χ4n) is 2.14. The third-order valence-corrected chi connectivity index (χ3v) is 4.15. The predicted molar refractivity (Wildman–Crippen MR) is 73.0 cm³/mol. The van der Waals surface area contributed by atoms with Crippen molar-refractivity contribution in [3.8, 4) is 10.7 Å². The van der Waals surface area contributed by atoms with Crippen LogP contribution >= 0.6 is 11.3 Å². The van der Waals surface area contributed by atoms with Gasteiger partial charge in [0.05, 0.1) is 4.88 Å². The summed E-state index contributed by atoms with van der Waals surface area (Å²) in [6, 6.07) is 5.43. The summed E-state index contributed by atoms with van der Waals surface area (Å²) in [6.07, 6.45) is 2.13. The molecule has 0 bridgehead atoms. The molecular weight excluding hydrogens is 276 g/mol. The molecule has 7 heteroatoms. The first kappa shape index (κ1) is 11.5. The van der Waals surface area contributed by atoms with E-state index in [2.05, 4.69) is 15.1 Å². The van der Waals surface area contributed by atoms with Crippen LogP contribution in [-0.2, 0) is 0 Å². The van der Waals surface area contributed by atoms with Crippen molar-refractivity contribution in [1.82, 2.24) is 19.6 Å². The van der Waals surface area contributed by atoms with Gasteiger partial charge in [0.2, 0.25) is 0 Å². The number of carboxylic acids is 1. The minimum absolute atomic E-state index is 0.118. The molecule has 3 aromatic rings. The van der Waals surface area contributed by atoms with Crippen molar-refractivity contribution in [1.29, 1.82) is 0 Å². The number of aromatic carboxylic acids is 1. The van der Waals surface area contributed by atoms with Crippen LogP contribution in [0.15, 0.2) is 23.6 Å². The summed E-state index contributed by atoms with van der Waals surface area (Å²) in [5.41, 5.74) is 0.923. The second-order valence-corrected chi connectivity index (χ2v) is 5.72. The van der Waals surface area contributed by atoms with Crippen LogP contribution < -0.4 is 0 Å². The normalized spacial score (nSPS) is 14.8. The van der Waals surface area contributed by atoms with Gasteiger partial charge >= 0.3 is 5.97 Å². The van der Waals surface area contributed by atoms with Crippen LogP contribution in [0.3, 0.4) is 0 Å². The molecule has 1 aliphatic rings. The number of thiophene rings is 1. The lowest BCUT2D eigenvalue weighted by Gasteiger charge is -2.01. The molecule has 0 amide bonds. The molecule has 0 saturated heterocycles. The molecule has 3 aromatic heterocycles. The molecule has 0 unspecified atom stereocenters. The second-order valence-electron chi connectivity index (χ2n) is 4.77. The quantitative estimate of drug-likeness (QED) is 0.799. The Kier molecular flexibility index (Phi) is 2.37. The lowest BCUT2D eigenvalue weighted by atomic mass is 10.2. The van der Waals surface area contributed by atoms with E-state index in [-0.39, 0.29) is 5.69 Å². The summed E-state index contributed by atoms with van der Waals surface area (Å²) in [5.74, 6) is 0.236. The first-order chi connectivity index (χ1) is 9.72. The number of aromatic nitrogens is 4.